The zero-order valence-corrected chi connectivity index (χ0v) is 13.9. The predicted octanol–water partition coefficient (Wildman–Crippen LogP) is 3.35. The minimum Gasteiger partial charge on any atom is -0.508 e. The molecule has 2 aliphatic heterocycles. The molecule has 0 saturated carbocycles. The standard InChI is InChI=1S/C18H11FN2O4S/c19-9-4-5-14-12(6-9)13(16(23)20-14)8-15-17(24)21(18(25)26-15)10-2-1-3-11(22)7-10/h1-8,13,22H,(H,20,23)/b15-8-/t13-/m0/s1. The van der Waals surface area contributed by atoms with Gasteiger partial charge in [-0.05, 0) is 53.7 Å². The third-order valence-corrected chi connectivity index (χ3v) is 4.98. The third-order valence-electron chi connectivity index (χ3n) is 4.09. The van der Waals surface area contributed by atoms with E-state index in [4.69, 9.17) is 0 Å². The first-order valence-corrected chi connectivity index (χ1v) is 8.43. The van der Waals surface area contributed by atoms with Gasteiger partial charge in [0.25, 0.3) is 11.1 Å². The van der Waals surface area contributed by atoms with E-state index in [9.17, 15) is 23.9 Å². The number of benzene rings is 2. The molecule has 26 heavy (non-hydrogen) atoms. The molecule has 6 nitrogen and oxygen atoms in total. The Hall–Kier alpha value is -3.13. The maximum atomic E-state index is 13.5. The maximum Gasteiger partial charge on any atom is 0.298 e. The lowest BCUT2D eigenvalue weighted by Gasteiger charge is -2.12. The average molecular weight is 370 g/mol. The number of amides is 3. The molecule has 1 atom stereocenters. The van der Waals surface area contributed by atoms with Gasteiger partial charge in [0.15, 0.2) is 0 Å². The van der Waals surface area contributed by atoms with Gasteiger partial charge in [-0.25, -0.2) is 9.29 Å². The quantitative estimate of drug-likeness (QED) is 0.792. The van der Waals surface area contributed by atoms with Gasteiger partial charge in [0, 0.05) is 11.8 Å². The number of hydrogen-bond acceptors (Lipinski definition) is 5. The Morgan fingerprint density at radius 3 is 2.73 bits per heavy atom. The van der Waals surface area contributed by atoms with Crippen LogP contribution in [0.2, 0.25) is 0 Å². The zero-order chi connectivity index (χ0) is 18.4. The highest BCUT2D eigenvalue weighted by Gasteiger charge is 2.39. The molecular weight excluding hydrogens is 359 g/mol. The van der Waals surface area contributed by atoms with Crippen LogP contribution in [0, 0.1) is 5.82 Å². The molecule has 0 bridgehead atoms. The molecule has 1 saturated heterocycles. The van der Waals surface area contributed by atoms with Crippen molar-refractivity contribution < 1.29 is 23.9 Å². The molecule has 0 spiro atoms. The molecule has 0 radical (unpaired) electrons. The molecule has 0 aliphatic carbocycles. The lowest BCUT2D eigenvalue weighted by molar-refractivity contribution is -0.116. The second-order valence-corrected chi connectivity index (χ2v) is 6.75. The van der Waals surface area contributed by atoms with Crippen molar-refractivity contribution in [3.63, 3.8) is 0 Å². The summed E-state index contributed by atoms with van der Waals surface area (Å²) in [5.74, 6) is -2.42. The number of nitrogens with zero attached hydrogens (tertiary/aromatic N) is 1. The van der Waals surface area contributed by atoms with Crippen LogP contribution in [0.15, 0.2) is 53.4 Å². The van der Waals surface area contributed by atoms with E-state index in [1.165, 1.54) is 48.5 Å². The summed E-state index contributed by atoms with van der Waals surface area (Å²) >= 11 is 0.693. The SMILES string of the molecule is O=C1Nc2ccc(F)cc2[C@@H]1/C=C1\SC(=O)N(c2cccc(O)c2)C1=O. The first-order valence-electron chi connectivity index (χ1n) is 7.61. The molecule has 130 valence electrons. The first kappa shape index (κ1) is 16.3. The topological polar surface area (TPSA) is 86.7 Å². The maximum absolute atomic E-state index is 13.5. The first-order chi connectivity index (χ1) is 12.4. The van der Waals surface area contributed by atoms with Gasteiger partial charge >= 0.3 is 0 Å². The van der Waals surface area contributed by atoms with Gasteiger partial charge in [-0.15, -0.1) is 0 Å². The molecule has 2 aromatic carbocycles. The van der Waals surface area contributed by atoms with Crippen LogP contribution >= 0.6 is 11.8 Å². The van der Waals surface area contributed by atoms with Gasteiger partial charge in [0.05, 0.1) is 16.5 Å². The van der Waals surface area contributed by atoms with Gasteiger partial charge in [-0.1, -0.05) is 6.07 Å². The molecule has 0 unspecified atom stereocenters. The summed E-state index contributed by atoms with van der Waals surface area (Å²) < 4.78 is 13.5. The van der Waals surface area contributed by atoms with E-state index in [2.05, 4.69) is 5.32 Å². The highest BCUT2D eigenvalue weighted by molar-refractivity contribution is 8.18. The second-order valence-electron chi connectivity index (χ2n) is 5.76. The summed E-state index contributed by atoms with van der Waals surface area (Å²) in [6.07, 6.45) is 1.37. The van der Waals surface area contributed by atoms with Crippen LogP contribution in [-0.4, -0.2) is 22.2 Å². The summed E-state index contributed by atoms with van der Waals surface area (Å²) in [5, 5.41) is 11.6. The summed E-state index contributed by atoms with van der Waals surface area (Å²) in [6, 6.07) is 9.67. The molecule has 2 aliphatic rings. The molecule has 2 N–H and O–H groups in total. The Morgan fingerprint density at radius 2 is 1.96 bits per heavy atom. The summed E-state index contributed by atoms with van der Waals surface area (Å²) in [5.41, 5.74) is 1.13. The van der Waals surface area contributed by atoms with E-state index in [1.54, 1.807) is 0 Å². The number of nitrogens with one attached hydrogen (secondary N) is 1. The highest BCUT2D eigenvalue weighted by Crippen LogP contribution is 2.40. The van der Waals surface area contributed by atoms with E-state index in [-0.39, 0.29) is 16.3 Å². The molecule has 0 aromatic heterocycles. The lowest BCUT2D eigenvalue weighted by Crippen LogP contribution is -2.27. The van der Waals surface area contributed by atoms with Crippen molar-refractivity contribution in [1.29, 1.82) is 0 Å². The molecular formula is C18H11FN2O4S. The largest absolute Gasteiger partial charge is 0.508 e. The summed E-state index contributed by atoms with van der Waals surface area (Å²) in [4.78, 5) is 38.1. The van der Waals surface area contributed by atoms with Gasteiger partial charge in [-0.2, -0.15) is 0 Å². The van der Waals surface area contributed by atoms with Gasteiger partial charge in [0.1, 0.15) is 11.6 Å². The van der Waals surface area contributed by atoms with Crippen LogP contribution in [0.4, 0.5) is 20.6 Å². The van der Waals surface area contributed by atoms with E-state index in [1.807, 2.05) is 0 Å². The van der Waals surface area contributed by atoms with Crippen LogP contribution in [-0.2, 0) is 9.59 Å². The van der Waals surface area contributed by atoms with Crippen LogP contribution in [0.25, 0.3) is 0 Å². The Labute approximate surface area is 151 Å². The number of anilines is 2. The van der Waals surface area contributed by atoms with E-state index in [0.29, 0.717) is 23.0 Å². The Kier molecular flexibility index (Phi) is 3.77. The number of hydrogen-bond donors (Lipinski definition) is 2. The number of rotatable bonds is 2. The number of carbonyl (C=O) groups excluding carboxylic acids is 3. The van der Waals surface area contributed by atoms with Crippen molar-refractivity contribution >= 4 is 40.2 Å². The Morgan fingerprint density at radius 1 is 1.15 bits per heavy atom. The van der Waals surface area contributed by atoms with Gasteiger partial charge in [0.2, 0.25) is 5.91 Å². The number of aromatic hydroxyl groups is 1. The molecule has 4 rings (SSSR count). The minimum atomic E-state index is -0.857. The molecule has 2 heterocycles. The van der Waals surface area contributed by atoms with Crippen molar-refractivity contribution in [2.45, 2.75) is 5.92 Å². The van der Waals surface area contributed by atoms with Crippen molar-refractivity contribution in [3.8, 4) is 5.75 Å². The number of carbonyl (C=O) groups is 3. The predicted molar refractivity (Wildman–Crippen MR) is 94.4 cm³/mol. The fourth-order valence-electron chi connectivity index (χ4n) is 2.91. The normalized spacial score (nSPS) is 20.7. The van der Waals surface area contributed by atoms with E-state index in [0.717, 1.165) is 4.90 Å². The number of halogens is 1. The van der Waals surface area contributed by atoms with Crippen molar-refractivity contribution in [2.24, 2.45) is 0 Å². The molecule has 3 amide bonds. The lowest BCUT2D eigenvalue weighted by atomic mass is 10.00. The third kappa shape index (κ3) is 2.64. The fraction of sp³-hybridized carbons (Fsp3) is 0.0556. The van der Waals surface area contributed by atoms with Gasteiger partial charge in [-0.3, -0.25) is 14.4 Å². The molecule has 2 aromatic rings. The monoisotopic (exact) mass is 370 g/mol. The van der Waals surface area contributed by atoms with Crippen molar-refractivity contribution in [2.75, 3.05) is 10.2 Å². The minimum absolute atomic E-state index is 0.0786. The number of thioether (sulfide) groups is 1. The average Bonchev–Trinajstić information content (AvgIpc) is 3.04. The number of imide groups is 1. The van der Waals surface area contributed by atoms with Crippen LogP contribution in [0.1, 0.15) is 11.5 Å². The van der Waals surface area contributed by atoms with E-state index >= 15 is 0 Å². The Balaban J connectivity index is 1.69. The highest BCUT2D eigenvalue weighted by atomic mass is 32.2. The zero-order valence-electron chi connectivity index (χ0n) is 13.1. The Bertz CT molecular complexity index is 1000. The van der Waals surface area contributed by atoms with Crippen molar-refractivity contribution in [1.82, 2.24) is 0 Å². The second kappa shape index (κ2) is 5.99. The summed E-state index contributed by atoms with van der Waals surface area (Å²) in [7, 11) is 0. The molecule has 8 heteroatoms. The number of fused-ring (bicyclic) bond motifs is 1. The summed E-state index contributed by atoms with van der Waals surface area (Å²) in [6.45, 7) is 0. The fourth-order valence-corrected chi connectivity index (χ4v) is 3.76. The van der Waals surface area contributed by atoms with E-state index < -0.39 is 28.8 Å². The van der Waals surface area contributed by atoms with Crippen LogP contribution in [0.5, 0.6) is 5.75 Å². The number of phenols is 1. The number of phenolic OH excluding ortho intramolecular Hbond substituents is 1. The van der Waals surface area contributed by atoms with Gasteiger partial charge < -0.3 is 10.4 Å². The van der Waals surface area contributed by atoms with Crippen molar-refractivity contribution in [3.05, 3.63) is 64.8 Å². The smallest absolute Gasteiger partial charge is 0.298 e. The van der Waals surface area contributed by atoms with Crippen LogP contribution in [0.3, 0.4) is 0 Å². The van der Waals surface area contributed by atoms with Crippen LogP contribution < -0.4 is 10.2 Å². The molecule has 1 fully saturated rings.